The highest BCUT2D eigenvalue weighted by atomic mass is 16.3. The zero-order chi connectivity index (χ0) is 23.1. The number of benzene rings is 2. The number of likely N-dealkylation sites (tertiary alicyclic amines) is 1. The molecule has 0 bridgehead atoms. The lowest BCUT2D eigenvalue weighted by atomic mass is 9.92. The minimum atomic E-state index is -1.25. The number of aryl methyl sites for hydroxylation is 3. The van der Waals surface area contributed by atoms with E-state index in [4.69, 9.17) is 0 Å². The number of hydrogen-bond donors (Lipinski definition) is 2. The molecule has 0 spiro atoms. The van der Waals surface area contributed by atoms with Crippen molar-refractivity contribution < 1.29 is 9.90 Å². The smallest absolute Gasteiger partial charge is 0.277 e. The first-order valence-corrected chi connectivity index (χ1v) is 11.8. The van der Waals surface area contributed by atoms with E-state index in [9.17, 15) is 9.90 Å². The van der Waals surface area contributed by atoms with Gasteiger partial charge in [0.1, 0.15) is 0 Å². The molecule has 0 saturated carbocycles. The first kappa shape index (κ1) is 21.8. The molecule has 0 radical (unpaired) electrons. The van der Waals surface area contributed by atoms with Crippen molar-refractivity contribution in [2.75, 3.05) is 24.5 Å². The van der Waals surface area contributed by atoms with Crippen LogP contribution >= 0.6 is 0 Å². The van der Waals surface area contributed by atoms with E-state index in [1.165, 1.54) is 24.0 Å². The Morgan fingerprint density at radius 3 is 2.67 bits per heavy atom. The second-order valence-electron chi connectivity index (χ2n) is 9.24. The number of rotatable bonds is 4. The van der Waals surface area contributed by atoms with Gasteiger partial charge >= 0.3 is 0 Å². The van der Waals surface area contributed by atoms with Crippen LogP contribution in [0.3, 0.4) is 0 Å². The molecule has 172 valence electrons. The maximum absolute atomic E-state index is 12.6. The van der Waals surface area contributed by atoms with Crippen LogP contribution in [0, 0.1) is 20.8 Å². The summed E-state index contributed by atoms with van der Waals surface area (Å²) in [5.41, 5.74) is 6.99. The summed E-state index contributed by atoms with van der Waals surface area (Å²) in [7, 11) is 0. The molecule has 3 aliphatic heterocycles. The van der Waals surface area contributed by atoms with Gasteiger partial charge in [0.15, 0.2) is 11.5 Å². The Hall–Kier alpha value is -3.03. The molecule has 2 atom stereocenters. The van der Waals surface area contributed by atoms with Crippen molar-refractivity contribution in [3.05, 3.63) is 58.7 Å². The number of nitrogens with zero attached hydrogens (tertiary/aromatic N) is 4. The highest BCUT2D eigenvalue weighted by Crippen LogP contribution is 2.37. The van der Waals surface area contributed by atoms with Crippen LogP contribution in [0.4, 0.5) is 11.4 Å². The number of amides is 1. The standard InChI is InChI=1S/C26H31N5O2/c1-16-8-4-5-9-19(16)21-10-6-7-11-30(21)12-13-31-22-15-18(3)17(2)14-20(22)27-23-24(31)28-26(33)29-25(23)32/h4-5,8-9,14-15,21,26,33H,6-7,10-13H2,1-3H3,(H,29,32). The molecule has 7 heteroatoms. The topological polar surface area (TPSA) is 80.5 Å². The number of aliphatic hydroxyl groups is 1. The Labute approximate surface area is 194 Å². The summed E-state index contributed by atoms with van der Waals surface area (Å²) in [6.07, 6.45) is 2.31. The number of amidine groups is 1. The summed E-state index contributed by atoms with van der Waals surface area (Å²) in [6.45, 7) is 8.85. The molecular weight excluding hydrogens is 414 g/mol. The minimum Gasteiger partial charge on any atom is -0.355 e. The van der Waals surface area contributed by atoms with Gasteiger partial charge < -0.3 is 15.3 Å². The molecule has 33 heavy (non-hydrogen) atoms. The van der Waals surface area contributed by atoms with Gasteiger partial charge in [-0.3, -0.25) is 9.69 Å². The minimum absolute atomic E-state index is 0.269. The Morgan fingerprint density at radius 1 is 1.06 bits per heavy atom. The van der Waals surface area contributed by atoms with Gasteiger partial charge in [0, 0.05) is 19.1 Å². The number of carbonyl (C=O) groups excluding carboxylic acids is 1. The van der Waals surface area contributed by atoms with Crippen molar-refractivity contribution in [2.45, 2.75) is 52.4 Å². The number of carbonyl (C=O) groups is 1. The predicted molar refractivity (Wildman–Crippen MR) is 131 cm³/mol. The normalized spacial score (nSPS) is 22.8. The summed E-state index contributed by atoms with van der Waals surface area (Å²) in [6, 6.07) is 13.2. The Balaban J connectivity index is 1.48. The number of aliphatic imine (C=N–C) groups is 2. The van der Waals surface area contributed by atoms with Crippen molar-refractivity contribution in [1.82, 2.24) is 10.2 Å². The lowest BCUT2D eigenvalue weighted by Crippen LogP contribution is -2.55. The van der Waals surface area contributed by atoms with Crippen LogP contribution in [0.2, 0.25) is 0 Å². The number of hydrogen-bond acceptors (Lipinski definition) is 6. The maximum Gasteiger partial charge on any atom is 0.277 e. The quantitative estimate of drug-likeness (QED) is 0.754. The van der Waals surface area contributed by atoms with E-state index in [0.717, 1.165) is 42.0 Å². The number of nitrogens with one attached hydrogen (secondary N) is 1. The summed E-state index contributed by atoms with van der Waals surface area (Å²) < 4.78 is 0. The Kier molecular flexibility index (Phi) is 5.76. The highest BCUT2D eigenvalue weighted by Gasteiger charge is 2.36. The SMILES string of the molecule is Cc1cc2c(cc1C)N(CCN1CCCCC1c1ccccc1C)C1=NC(O)NC(=O)C1=N2. The summed E-state index contributed by atoms with van der Waals surface area (Å²) in [5, 5.41) is 12.6. The fourth-order valence-corrected chi connectivity index (χ4v) is 5.15. The molecule has 2 aromatic carbocycles. The van der Waals surface area contributed by atoms with Crippen molar-refractivity contribution in [3.63, 3.8) is 0 Å². The van der Waals surface area contributed by atoms with Gasteiger partial charge in [0.2, 0.25) is 6.35 Å². The summed E-state index contributed by atoms with van der Waals surface area (Å²) >= 11 is 0. The fraction of sp³-hybridized carbons (Fsp3) is 0.423. The van der Waals surface area contributed by atoms with Gasteiger partial charge in [-0.25, -0.2) is 9.98 Å². The van der Waals surface area contributed by atoms with Crippen molar-refractivity contribution in [2.24, 2.45) is 9.98 Å². The Morgan fingerprint density at radius 2 is 1.85 bits per heavy atom. The number of aliphatic hydroxyl groups excluding tert-OH is 1. The number of piperidine rings is 1. The molecule has 2 N–H and O–H groups in total. The molecule has 2 unspecified atom stereocenters. The monoisotopic (exact) mass is 445 g/mol. The first-order valence-electron chi connectivity index (χ1n) is 11.8. The molecule has 3 heterocycles. The molecular formula is C26H31N5O2. The molecule has 0 aromatic heterocycles. The van der Waals surface area contributed by atoms with E-state index in [0.29, 0.717) is 18.4 Å². The van der Waals surface area contributed by atoms with Crippen LogP contribution in [0.25, 0.3) is 0 Å². The van der Waals surface area contributed by atoms with E-state index in [2.05, 4.69) is 76.2 Å². The van der Waals surface area contributed by atoms with Crippen molar-refractivity contribution >= 4 is 28.8 Å². The van der Waals surface area contributed by atoms with Crippen LogP contribution in [0.5, 0.6) is 0 Å². The average Bonchev–Trinajstić information content (AvgIpc) is 2.79. The van der Waals surface area contributed by atoms with Crippen molar-refractivity contribution in [1.29, 1.82) is 0 Å². The maximum atomic E-state index is 12.6. The van der Waals surface area contributed by atoms with Gasteiger partial charge in [-0.05, 0) is 74.5 Å². The third-order valence-electron chi connectivity index (χ3n) is 7.07. The molecule has 1 amide bonds. The van der Waals surface area contributed by atoms with E-state index in [1.807, 2.05) is 6.07 Å². The molecule has 0 aliphatic carbocycles. The van der Waals surface area contributed by atoms with E-state index >= 15 is 0 Å². The van der Waals surface area contributed by atoms with Crippen LogP contribution in [-0.4, -0.2) is 53.4 Å². The second kappa shape index (κ2) is 8.72. The van der Waals surface area contributed by atoms with Crippen LogP contribution < -0.4 is 10.2 Å². The summed E-state index contributed by atoms with van der Waals surface area (Å²) in [5.74, 6) is 0.0589. The van der Waals surface area contributed by atoms with Crippen LogP contribution in [0.15, 0.2) is 46.4 Å². The molecule has 1 saturated heterocycles. The lowest BCUT2D eigenvalue weighted by Gasteiger charge is -2.40. The van der Waals surface area contributed by atoms with E-state index in [1.54, 1.807) is 0 Å². The van der Waals surface area contributed by atoms with Gasteiger partial charge in [-0.2, -0.15) is 0 Å². The van der Waals surface area contributed by atoms with E-state index < -0.39 is 12.3 Å². The molecule has 3 aliphatic rings. The number of fused-ring (bicyclic) bond motifs is 2. The molecule has 7 nitrogen and oxygen atoms in total. The zero-order valence-electron chi connectivity index (χ0n) is 19.5. The van der Waals surface area contributed by atoms with Gasteiger partial charge in [0.05, 0.1) is 11.4 Å². The fourth-order valence-electron chi connectivity index (χ4n) is 5.15. The Bertz CT molecular complexity index is 1160. The van der Waals surface area contributed by atoms with Crippen LogP contribution in [0.1, 0.15) is 47.6 Å². The zero-order valence-corrected chi connectivity index (χ0v) is 19.5. The van der Waals surface area contributed by atoms with Gasteiger partial charge in [-0.15, -0.1) is 0 Å². The van der Waals surface area contributed by atoms with Crippen LogP contribution in [-0.2, 0) is 4.79 Å². The highest BCUT2D eigenvalue weighted by molar-refractivity contribution is 6.70. The average molecular weight is 446 g/mol. The largest absolute Gasteiger partial charge is 0.355 e. The molecule has 5 rings (SSSR count). The van der Waals surface area contributed by atoms with Gasteiger partial charge in [0.25, 0.3) is 5.91 Å². The molecule has 2 aromatic rings. The third-order valence-corrected chi connectivity index (χ3v) is 7.07. The van der Waals surface area contributed by atoms with Crippen molar-refractivity contribution in [3.8, 4) is 0 Å². The van der Waals surface area contributed by atoms with E-state index in [-0.39, 0.29) is 5.71 Å². The second-order valence-corrected chi connectivity index (χ2v) is 9.24. The molecule has 1 fully saturated rings. The van der Waals surface area contributed by atoms with Gasteiger partial charge in [-0.1, -0.05) is 30.7 Å². The third kappa shape index (κ3) is 4.07. The first-order chi connectivity index (χ1) is 15.9. The predicted octanol–water partition coefficient (Wildman–Crippen LogP) is 3.54. The number of anilines is 1. The summed E-state index contributed by atoms with van der Waals surface area (Å²) in [4.78, 5) is 26.2. The lowest BCUT2D eigenvalue weighted by molar-refractivity contribution is -0.117.